The van der Waals surface area contributed by atoms with Crippen molar-refractivity contribution in [2.75, 3.05) is 18.8 Å². The fourth-order valence-corrected chi connectivity index (χ4v) is 4.49. The van der Waals surface area contributed by atoms with E-state index < -0.39 is 0 Å². The molecule has 1 saturated heterocycles. The summed E-state index contributed by atoms with van der Waals surface area (Å²) in [5.41, 5.74) is 0.641. The van der Waals surface area contributed by atoms with Crippen LogP contribution in [0.4, 0.5) is 0 Å². The highest BCUT2D eigenvalue weighted by atomic mass is 32.2. The van der Waals surface area contributed by atoms with Crippen LogP contribution in [-0.4, -0.2) is 55.4 Å². The van der Waals surface area contributed by atoms with Crippen LogP contribution in [0.15, 0.2) is 16.6 Å². The Kier molecular flexibility index (Phi) is 5.30. The van der Waals surface area contributed by atoms with Gasteiger partial charge >= 0.3 is 0 Å². The zero-order valence-corrected chi connectivity index (χ0v) is 15.3. The van der Waals surface area contributed by atoms with Gasteiger partial charge in [0.2, 0.25) is 5.91 Å². The number of hydrogen-bond acceptors (Lipinski definition) is 7. The first-order valence-corrected chi connectivity index (χ1v) is 9.57. The summed E-state index contributed by atoms with van der Waals surface area (Å²) >= 11 is 2.92. The number of likely N-dealkylation sites (tertiary alicyclic amines) is 1. The Morgan fingerprint density at radius 3 is 2.67 bits per heavy atom. The third-order valence-electron chi connectivity index (χ3n) is 4.12. The molecule has 128 valence electrons. The van der Waals surface area contributed by atoms with Crippen LogP contribution in [0.5, 0.6) is 0 Å². The van der Waals surface area contributed by atoms with Crippen LogP contribution in [-0.2, 0) is 11.8 Å². The van der Waals surface area contributed by atoms with Crippen molar-refractivity contribution in [1.29, 1.82) is 0 Å². The lowest BCUT2D eigenvalue weighted by Gasteiger charge is -2.31. The molecule has 0 atom stereocenters. The molecule has 0 radical (unpaired) electrons. The number of piperidine rings is 1. The van der Waals surface area contributed by atoms with Gasteiger partial charge in [0.1, 0.15) is 10.7 Å². The van der Waals surface area contributed by atoms with E-state index in [4.69, 9.17) is 0 Å². The molecule has 0 aromatic carbocycles. The smallest absolute Gasteiger partial charge is 0.233 e. The first-order valence-electron chi connectivity index (χ1n) is 7.77. The summed E-state index contributed by atoms with van der Waals surface area (Å²) in [5, 5.41) is 12.9. The number of carbonyl (C=O) groups excluding carboxylic acids is 2. The molecular formula is C15H19N5O2S2. The summed E-state index contributed by atoms with van der Waals surface area (Å²) in [6.07, 6.45) is 3.05. The second kappa shape index (κ2) is 7.43. The molecule has 24 heavy (non-hydrogen) atoms. The van der Waals surface area contributed by atoms with E-state index in [-0.39, 0.29) is 17.6 Å². The van der Waals surface area contributed by atoms with Crippen LogP contribution in [0.2, 0.25) is 0 Å². The summed E-state index contributed by atoms with van der Waals surface area (Å²) < 4.78 is 2.43. The quantitative estimate of drug-likeness (QED) is 0.594. The number of amides is 1. The number of aromatic nitrogens is 4. The van der Waals surface area contributed by atoms with Crippen LogP contribution in [0.25, 0.3) is 0 Å². The zero-order chi connectivity index (χ0) is 17.1. The monoisotopic (exact) mass is 365 g/mol. The van der Waals surface area contributed by atoms with E-state index in [1.54, 1.807) is 24.0 Å². The highest BCUT2D eigenvalue weighted by Gasteiger charge is 2.29. The van der Waals surface area contributed by atoms with Gasteiger partial charge in [-0.2, -0.15) is 5.10 Å². The van der Waals surface area contributed by atoms with Gasteiger partial charge in [-0.05, 0) is 25.8 Å². The van der Waals surface area contributed by atoms with E-state index in [0.717, 1.165) is 9.35 Å². The largest absolute Gasteiger partial charge is 0.342 e. The Morgan fingerprint density at radius 1 is 1.33 bits per heavy atom. The molecule has 1 fully saturated rings. The number of thioether (sulfide) groups is 1. The number of ketones is 1. The molecule has 9 heteroatoms. The summed E-state index contributed by atoms with van der Waals surface area (Å²) in [6, 6.07) is 1.75. The Bertz CT molecular complexity index is 734. The highest BCUT2D eigenvalue weighted by molar-refractivity contribution is 8.01. The van der Waals surface area contributed by atoms with Crippen LogP contribution in [0, 0.1) is 12.8 Å². The van der Waals surface area contributed by atoms with E-state index in [9.17, 15) is 9.59 Å². The van der Waals surface area contributed by atoms with Crippen molar-refractivity contribution in [3.05, 3.63) is 23.0 Å². The minimum absolute atomic E-state index is 0.0251. The summed E-state index contributed by atoms with van der Waals surface area (Å²) in [5.74, 6) is 0.567. The molecule has 3 rings (SSSR count). The Hall–Kier alpha value is -1.74. The predicted octanol–water partition coefficient (Wildman–Crippen LogP) is 1.79. The first-order chi connectivity index (χ1) is 11.5. The van der Waals surface area contributed by atoms with Crippen LogP contribution in [0.3, 0.4) is 0 Å². The second-order valence-corrected chi connectivity index (χ2v) is 8.14. The molecule has 0 bridgehead atoms. The number of rotatable bonds is 5. The van der Waals surface area contributed by atoms with Crippen molar-refractivity contribution in [1.82, 2.24) is 24.9 Å². The molecule has 2 aromatic rings. The van der Waals surface area contributed by atoms with Gasteiger partial charge in [-0.1, -0.05) is 23.1 Å². The van der Waals surface area contributed by atoms with Crippen molar-refractivity contribution < 1.29 is 9.59 Å². The van der Waals surface area contributed by atoms with Crippen molar-refractivity contribution in [2.45, 2.75) is 24.1 Å². The average Bonchev–Trinajstić information content (AvgIpc) is 3.20. The molecule has 1 aliphatic rings. The number of carbonyl (C=O) groups is 2. The van der Waals surface area contributed by atoms with Gasteiger partial charge in [0, 0.05) is 32.3 Å². The summed E-state index contributed by atoms with van der Waals surface area (Å²) in [6.45, 7) is 3.15. The minimum atomic E-state index is -0.0251. The third-order valence-corrected chi connectivity index (χ3v) is 6.08. The van der Waals surface area contributed by atoms with E-state index in [2.05, 4.69) is 15.3 Å². The number of Topliss-reactive ketones (excluding diaryl/α,β-unsaturated/α-hetero) is 1. The van der Waals surface area contributed by atoms with Gasteiger partial charge < -0.3 is 4.90 Å². The fraction of sp³-hybridized carbons (Fsp3) is 0.533. The lowest BCUT2D eigenvalue weighted by atomic mass is 9.91. The van der Waals surface area contributed by atoms with Crippen molar-refractivity contribution in [3.8, 4) is 0 Å². The molecule has 7 nitrogen and oxygen atoms in total. The molecule has 0 aliphatic carbocycles. The van der Waals surface area contributed by atoms with Gasteiger partial charge in [0.15, 0.2) is 10.1 Å². The Morgan fingerprint density at radius 2 is 2.08 bits per heavy atom. The molecular weight excluding hydrogens is 346 g/mol. The van der Waals surface area contributed by atoms with Gasteiger partial charge in [0.05, 0.1) is 5.75 Å². The van der Waals surface area contributed by atoms with Gasteiger partial charge in [-0.3, -0.25) is 14.3 Å². The number of nitrogens with zero attached hydrogens (tertiary/aromatic N) is 5. The lowest BCUT2D eigenvalue weighted by molar-refractivity contribution is -0.129. The van der Waals surface area contributed by atoms with Crippen molar-refractivity contribution in [3.63, 3.8) is 0 Å². The molecule has 0 saturated carbocycles. The minimum Gasteiger partial charge on any atom is -0.342 e. The third kappa shape index (κ3) is 3.84. The fourth-order valence-electron chi connectivity index (χ4n) is 2.77. The predicted molar refractivity (Wildman–Crippen MR) is 92.2 cm³/mol. The second-order valence-electron chi connectivity index (χ2n) is 5.74. The van der Waals surface area contributed by atoms with Gasteiger partial charge in [-0.25, -0.2) is 0 Å². The normalized spacial score (nSPS) is 15.7. The van der Waals surface area contributed by atoms with Gasteiger partial charge in [-0.15, -0.1) is 10.2 Å². The van der Waals surface area contributed by atoms with E-state index >= 15 is 0 Å². The van der Waals surface area contributed by atoms with Crippen LogP contribution in [0.1, 0.15) is 28.3 Å². The highest BCUT2D eigenvalue weighted by Crippen LogP contribution is 2.25. The van der Waals surface area contributed by atoms with Crippen molar-refractivity contribution >= 4 is 34.8 Å². The molecule has 2 aromatic heterocycles. The molecule has 0 spiro atoms. The standard InChI is InChI=1S/C15H19N5O2S2/c1-10-17-18-15(24-10)23-9-13(21)20-7-4-11(5-8-20)14(22)12-3-6-16-19(12)2/h3,6,11H,4-5,7-9H2,1-2H3. The summed E-state index contributed by atoms with van der Waals surface area (Å²) in [4.78, 5) is 26.6. The van der Waals surface area contributed by atoms with E-state index in [0.29, 0.717) is 37.4 Å². The van der Waals surface area contributed by atoms with E-state index in [1.165, 1.54) is 23.1 Å². The Labute approximate surface area is 148 Å². The first kappa shape index (κ1) is 17.1. The topological polar surface area (TPSA) is 81.0 Å². The van der Waals surface area contributed by atoms with Crippen molar-refractivity contribution in [2.24, 2.45) is 13.0 Å². The van der Waals surface area contributed by atoms with Crippen LogP contribution >= 0.6 is 23.1 Å². The Balaban J connectivity index is 1.48. The molecule has 0 unspecified atom stereocenters. The van der Waals surface area contributed by atoms with Gasteiger partial charge in [0.25, 0.3) is 0 Å². The maximum absolute atomic E-state index is 12.5. The molecule has 1 aliphatic heterocycles. The lowest BCUT2D eigenvalue weighted by Crippen LogP contribution is -2.41. The molecule has 1 amide bonds. The summed E-state index contributed by atoms with van der Waals surface area (Å²) in [7, 11) is 1.78. The number of aryl methyl sites for hydroxylation is 2. The maximum atomic E-state index is 12.5. The zero-order valence-electron chi connectivity index (χ0n) is 13.6. The van der Waals surface area contributed by atoms with Crippen LogP contribution < -0.4 is 0 Å². The molecule has 3 heterocycles. The number of hydrogen-bond donors (Lipinski definition) is 0. The maximum Gasteiger partial charge on any atom is 0.233 e. The SMILES string of the molecule is Cc1nnc(SCC(=O)N2CCC(C(=O)c3ccnn3C)CC2)s1. The van der Waals surface area contributed by atoms with E-state index in [1.807, 2.05) is 11.8 Å². The average molecular weight is 365 g/mol. The molecule has 0 N–H and O–H groups in total.